The van der Waals surface area contributed by atoms with E-state index in [4.69, 9.17) is 21.1 Å². The maximum absolute atomic E-state index is 14.4. The summed E-state index contributed by atoms with van der Waals surface area (Å²) in [7, 11) is -3.92. The molecule has 0 unspecified atom stereocenters. The van der Waals surface area contributed by atoms with Crippen molar-refractivity contribution in [3.8, 4) is 0 Å². The SMILES string of the molecule is O=C(OCc1nc2ccc(Cl)cc2n1CCO)c1cc(S(=O)(=O)N2CCOCC2)ccc1F. The summed E-state index contributed by atoms with van der Waals surface area (Å²) in [5.74, 6) is -1.61. The molecule has 0 saturated carbocycles. The summed E-state index contributed by atoms with van der Waals surface area (Å²) < 4.78 is 53.4. The molecule has 1 aromatic heterocycles. The normalized spacial score (nSPS) is 15.1. The topological polar surface area (TPSA) is 111 Å². The molecule has 0 radical (unpaired) electrons. The molecular formula is C21H21ClFN3O6S. The number of hydrogen-bond donors (Lipinski definition) is 1. The molecule has 9 nitrogen and oxygen atoms in total. The van der Waals surface area contributed by atoms with Crippen LogP contribution < -0.4 is 0 Å². The Kier molecular flexibility index (Phi) is 6.96. The van der Waals surface area contributed by atoms with Gasteiger partial charge >= 0.3 is 5.97 Å². The van der Waals surface area contributed by atoms with Gasteiger partial charge in [-0.1, -0.05) is 11.6 Å². The number of aromatic nitrogens is 2. The molecule has 2 heterocycles. The Morgan fingerprint density at radius 3 is 2.70 bits per heavy atom. The fourth-order valence-electron chi connectivity index (χ4n) is 3.57. The average Bonchev–Trinajstić information content (AvgIpc) is 3.15. The molecule has 0 atom stereocenters. The fraction of sp³-hybridized carbons (Fsp3) is 0.333. The minimum atomic E-state index is -3.92. The van der Waals surface area contributed by atoms with Gasteiger partial charge in [-0.3, -0.25) is 0 Å². The maximum Gasteiger partial charge on any atom is 0.341 e. The lowest BCUT2D eigenvalue weighted by Crippen LogP contribution is -2.40. The summed E-state index contributed by atoms with van der Waals surface area (Å²) >= 11 is 6.04. The Morgan fingerprint density at radius 2 is 1.97 bits per heavy atom. The second-order valence-electron chi connectivity index (χ2n) is 7.27. The van der Waals surface area contributed by atoms with Gasteiger partial charge in [0.15, 0.2) is 0 Å². The van der Waals surface area contributed by atoms with Crippen LogP contribution in [0.2, 0.25) is 5.02 Å². The van der Waals surface area contributed by atoms with Gasteiger partial charge in [-0.2, -0.15) is 4.31 Å². The third-order valence-electron chi connectivity index (χ3n) is 5.21. The predicted octanol–water partition coefficient (Wildman–Crippen LogP) is 2.20. The van der Waals surface area contributed by atoms with Gasteiger partial charge in [0.2, 0.25) is 10.0 Å². The molecule has 0 spiro atoms. The van der Waals surface area contributed by atoms with Crippen molar-refractivity contribution in [3.05, 3.63) is 58.6 Å². The monoisotopic (exact) mass is 497 g/mol. The number of sulfonamides is 1. The number of halogens is 2. The van der Waals surface area contributed by atoms with Crippen LogP contribution in [-0.4, -0.2) is 66.3 Å². The number of nitrogens with zero attached hydrogens (tertiary/aromatic N) is 3. The van der Waals surface area contributed by atoms with E-state index in [1.165, 1.54) is 4.31 Å². The number of carbonyl (C=O) groups excluding carboxylic acids is 1. The average molecular weight is 498 g/mol. The molecule has 176 valence electrons. The lowest BCUT2D eigenvalue weighted by Gasteiger charge is -2.26. The van der Waals surface area contributed by atoms with Crippen LogP contribution in [0.25, 0.3) is 11.0 Å². The van der Waals surface area contributed by atoms with E-state index in [0.29, 0.717) is 21.9 Å². The fourth-order valence-corrected chi connectivity index (χ4v) is 5.17. The zero-order chi connectivity index (χ0) is 23.6. The van der Waals surface area contributed by atoms with E-state index in [1.807, 2.05) is 0 Å². The molecule has 0 aliphatic carbocycles. The van der Waals surface area contributed by atoms with Crippen LogP contribution in [0, 0.1) is 5.82 Å². The molecule has 33 heavy (non-hydrogen) atoms. The highest BCUT2D eigenvalue weighted by Crippen LogP contribution is 2.23. The Hall–Kier alpha value is -2.57. The van der Waals surface area contributed by atoms with Crippen molar-refractivity contribution in [2.75, 3.05) is 32.9 Å². The van der Waals surface area contributed by atoms with Gasteiger partial charge in [0.1, 0.15) is 18.2 Å². The Labute approximate surface area is 194 Å². The second kappa shape index (κ2) is 9.74. The third-order valence-corrected chi connectivity index (χ3v) is 7.34. The van der Waals surface area contributed by atoms with Crippen molar-refractivity contribution >= 4 is 38.6 Å². The van der Waals surface area contributed by atoms with E-state index in [-0.39, 0.29) is 51.0 Å². The Bertz CT molecular complexity index is 1290. The van der Waals surface area contributed by atoms with Gasteiger partial charge in [-0.05, 0) is 36.4 Å². The lowest BCUT2D eigenvalue weighted by atomic mass is 10.2. The molecule has 2 aromatic carbocycles. The lowest BCUT2D eigenvalue weighted by molar-refractivity contribution is 0.0452. The van der Waals surface area contributed by atoms with Crippen LogP contribution in [0.5, 0.6) is 0 Å². The van der Waals surface area contributed by atoms with E-state index >= 15 is 0 Å². The minimum absolute atomic E-state index is 0.171. The van der Waals surface area contributed by atoms with Crippen molar-refractivity contribution in [2.45, 2.75) is 18.0 Å². The van der Waals surface area contributed by atoms with Crippen LogP contribution in [0.4, 0.5) is 4.39 Å². The molecule has 3 aromatic rings. The molecule has 12 heteroatoms. The van der Waals surface area contributed by atoms with E-state index in [2.05, 4.69) is 4.98 Å². The van der Waals surface area contributed by atoms with Crippen LogP contribution in [0.15, 0.2) is 41.3 Å². The van der Waals surface area contributed by atoms with E-state index in [1.54, 1.807) is 22.8 Å². The standard InChI is InChI=1S/C21H21ClFN3O6S/c22-14-1-4-18-19(11-14)26(5-8-27)20(24-18)13-32-21(28)16-12-15(2-3-17(16)23)33(29,30)25-6-9-31-10-7-25/h1-4,11-12,27H,5-10,13H2. The van der Waals surface area contributed by atoms with Crippen LogP contribution >= 0.6 is 11.6 Å². The quantitative estimate of drug-likeness (QED) is 0.498. The van der Waals surface area contributed by atoms with Gasteiger partial charge in [-0.15, -0.1) is 0 Å². The zero-order valence-electron chi connectivity index (χ0n) is 17.4. The van der Waals surface area contributed by atoms with Gasteiger partial charge in [0.05, 0.1) is 41.3 Å². The number of rotatable bonds is 7. The highest BCUT2D eigenvalue weighted by atomic mass is 35.5. The highest BCUT2D eigenvalue weighted by molar-refractivity contribution is 7.89. The molecule has 1 saturated heterocycles. The van der Waals surface area contributed by atoms with Crippen molar-refractivity contribution < 1.29 is 32.2 Å². The van der Waals surface area contributed by atoms with Gasteiger partial charge in [0.25, 0.3) is 0 Å². The summed E-state index contributed by atoms with van der Waals surface area (Å²) in [4.78, 5) is 16.8. The molecule has 1 fully saturated rings. The zero-order valence-corrected chi connectivity index (χ0v) is 19.0. The summed E-state index contributed by atoms with van der Waals surface area (Å²) in [5, 5.41) is 9.87. The molecule has 1 N–H and O–H groups in total. The van der Waals surface area contributed by atoms with E-state index in [0.717, 1.165) is 18.2 Å². The molecule has 0 bridgehead atoms. The number of imidazole rings is 1. The van der Waals surface area contributed by atoms with Crippen LogP contribution in [-0.2, 0) is 32.6 Å². The molecule has 1 aliphatic rings. The summed E-state index contributed by atoms with van der Waals surface area (Å²) in [6, 6.07) is 8.03. The summed E-state index contributed by atoms with van der Waals surface area (Å²) in [6.45, 7) is 0.547. The minimum Gasteiger partial charge on any atom is -0.454 e. The second-order valence-corrected chi connectivity index (χ2v) is 9.64. The molecular weight excluding hydrogens is 477 g/mol. The number of morpholine rings is 1. The number of hydrogen-bond acceptors (Lipinski definition) is 7. The third kappa shape index (κ3) is 4.87. The largest absolute Gasteiger partial charge is 0.454 e. The number of esters is 1. The first-order chi connectivity index (χ1) is 15.8. The number of carbonyl (C=O) groups is 1. The number of aliphatic hydroxyl groups is 1. The van der Waals surface area contributed by atoms with Crippen molar-refractivity contribution in [2.24, 2.45) is 0 Å². The maximum atomic E-state index is 14.4. The van der Waals surface area contributed by atoms with Crippen molar-refractivity contribution in [1.29, 1.82) is 0 Å². The van der Waals surface area contributed by atoms with Crippen LogP contribution in [0.1, 0.15) is 16.2 Å². The number of benzene rings is 2. The number of fused-ring (bicyclic) bond motifs is 1. The summed E-state index contributed by atoms with van der Waals surface area (Å²) in [6.07, 6.45) is 0. The first kappa shape index (κ1) is 23.6. The van der Waals surface area contributed by atoms with Gasteiger partial charge in [0, 0.05) is 24.7 Å². The Morgan fingerprint density at radius 1 is 1.21 bits per heavy atom. The van der Waals surface area contributed by atoms with Crippen molar-refractivity contribution in [3.63, 3.8) is 0 Å². The van der Waals surface area contributed by atoms with Crippen molar-refractivity contribution in [1.82, 2.24) is 13.9 Å². The first-order valence-corrected chi connectivity index (χ1v) is 11.9. The highest BCUT2D eigenvalue weighted by Gasteiger charge is 2.28. The van der Waals surface area contributed by atoms with Gasteiger partial charge in [-0.25, -0.2) is 22.6 Å². The van der Waals surface area contributed by atoms with Crippen LogP contribution in [0.3, 0.4) is 0 Å². The predicted molar refractivity (Wildman–Crippen MR) is 117 cm³/mol. The first-order valence-electron chi connectivity index (χ1n) is 10.1. The molecule has 0 amide bonds. The smallest absolute Gasteiger partial charge is 0.341 e. The number of ether oxygens (including phenoxy) is 2. The van der Waals surface area contributed by atoms with E-state index < -0.39 is 27.4 Å². The molecule has 4 rings (SSSR count). The van der Waals surface area contributed by atoms with Gasteiger partial charge < -0.3 is 19.1 Å². The Balaban J connectivity index is 1.57. The number of aliphatic hydroxyl groups excluding tert-OH is 1. The summed E-state index contributed by atoms with van der Waals surface area (Å²) in [5.41, 5.74) is 0.730. The molecule has 1 aliphatic heterocycles. The van der Waals surface area contributed by atoms with E-state index in [9.17, 15) is 22.7 Å².